The van der Waals surface area contributed by atoms with Crippen molar-refractivity contribution in [2.45, 2.75) is 53.5 Å². The predicted octanol–water partition coefficient (Wildman–Crippen LogP) is 2.39. The topological polar surface area (TPSA) is 55.2 Å². The van der Waals surface area contributed by atoms with Gasteiger partial charge in [0.25, 0.3) is 0 Å². The largest absolute Gasteiger partial charge is 0.335 e. The van der Waals surface area contributed by atoms with Gasteiger partial charge in [0.2, 0.25) is 11.8 Å². The Morgan fingerprint density at radius 1 is 1.29 bits per heavy atom. The quantitative estimate of drug-likeness (QED) is 0.597. The van der Waals surface area contributed by atoms with Gasteiger partial charge >= 0.3 is 0 Å². The molecule has 1 aliphatic heterocycles. The lowest BCUT2D eigenvalue weighted by Gasteiger charge is -2.26. The van der Waals surface area contributed by atoms with Crippen LogP contribution in [0.5, 0.6) is 0 Å². The van der Waals surface area contributed by atoms with Crippen molar-refractivity contribution in [1.82, 2.24) is 14.5 Å². The van der Waals surface area contributed by atoms with E-state index in [1.807, 2.05) is 33.9 Å². The Balaban J connectivity index is 1.85. The maximum atomic E-state index is 12.4. The molecule has 1 fully saturated rings. The van der Waals surface area contributed by atoms with E-state index in [-0.39, 0.29) is 17.7 Å². The van der Waals surface area contributed by atoms with Gasteiger partial charge in [-0.25, -0.2) is 4.98 Å². The third-order valence-electron chi connectivity index (χ3n) is 4.78. The van der Waals surface area contributed by atoms with Crippen LogP contribution in [0.1, 0.15) is 45.9 Å². The van der Waals surface area contributed by atoms with Crippen molar-refractivity contribution in [3.8, 4) is 0 Å². The van der Waals surface area contributed by atoms with Gasteiger partial charge in [-0.05, 0) is 32.6 Å². The number of aromatic nitrogens is 2. The summed E-state index contributed by atoms with van der Waals surface area (Å²) in [5, 5.41) is 0. The Morgan fingerprint density at radius 2 is 1.95 bits per heavy atom. The third-order valence-corrected chi connectivity index (χ3v) is 4.78. The molecule has 116 valence electrons. The van der Waals surface area contributed by atoms with Gasteiger partial charge in [-0.3, -0.25) is 14.5 Å². The second kappa shape index (κ2) is 6.00. The number of aryl methyl sites for hydroxylation is 2. The zero-order valence-electron chi connectivity index (χ0n) is 13.4. The molecule has 1 atom stereocenters. The molecular formula is C16H25N3O2. The van der Waals surface area contributed by atoms with Crippen LogP contribution in [0.2, 0.25) is 0 Å². The van der Waals surface area contributed by atoms with Crippen LogP contribution in [0.3, 0.4) is 0 Å². The molecule has 5 nitrogen and oxygen atoms in total. The first-order valence-corrected chi connectivity index (χ1v) is 7.69. The number of carbonyl (C=O) groups excluding carboxylic acids is 2. The number of amides is 2. The van der Waals surface area contributed by atoms with Crippen LogP contribution in [0.15, 0.2) is 12.4 Å². The molecule has 1 aliphatic rings. The van der Waals surface area contributed by atoms with Gasteiger partial charge in [0.05, 0.1) is 5.41 Å². The molecule has 0 bridgehead atoms. The van der Waals surface area contributed by atoms with Gasteiger partial charge in [-0.15, -0.1) is 0 Å². The Bertz CT molecular complexity index is 535. The van der Waals surface area contributed by atoms with Gasteiger partial charge < -0.3 is 4.57 Å². The van der Waals surface area contributed by atoms with Gasteiger partial charge in [0.1, 0.15) is 5.82 Å². The lowest BCUT2D eigenvalue weighted by atomic mass is 9.78. The summed E-state index contributed by atoms with van der Waals surface area (Å²) in [4.78, 5) is 30.2. The van der Waals surface area contributed by atoms with Gasteiger partial charge in [0, 0.05) is 31.9 Å². The standard InChI is InChI=1S/C16H25N3O2/c1-12(2)16(4)11-14(20)19(15(16)21)9-6-5-8-18-10-7-17-13(18)3/h7,10,12H,5-6,8-9,11H2,1-4H3/t16-/m0/s1. The molecule has 0 saturated carbocycles. The summed E-state index contributed by atoms with van der Waals surface area (Å²) in [6.07, 6.45) is 5.87. The number of nitrogens with zero attached hydrogens (tertiary/aromatic N) is 3. The first kappa shape index (κ1) is 15.7. The number of likely N-dealkylation sites (tertiary alicyclic amines) is 1. The molecule has 0 unspecified atom stereocenters. The van der Waals surface area contributed by atoms with Crippen molar-refractivity contribution in [2.24, 2.45) is 11.3 Å². The Labute approximate surface area is 126 Å². The lowest BCUT2D eigenvalue weighted by molar-refractivity contribution is -0.142. The van der Waals surface area contributed by atoms with E-state index in [1.165, 1.54) is 4.90 Å². The maximum Gasteiger partial charge on any atom is 0.235 e. The molecule has 1 saturated heterocycles. The Kier molecular flexibility index (Phi) is 4.49. The SMILES string of the molecule is Cc1nccn1CCCCN1C(=O)C[C@@](C)(C(C)C)C1=O. The van der Waals surface area contributed by atoms with Crippen molar-refractivity contribution >= 4 is 11.8 Å². The fourth-order valence-electron chi connectivity index (χ4n) is 2.78. The fourth-order valence-corrected chi connectivity index (χ4v) is 2.78. The molecule has 0 N–H and O–H groups in total. The highest BCUT2D eigenvalue weighted by atomic mass is 16.2. The highest BCUT2D eigenvalue weighted by Gasteiger charge is 2.49. The van der Waals surface area contributed by atoms with Gasteiger partial charge in [-0.2, -0.15) is 0 Å². The average Bonchev–Trinajstić information content (AvgIpc) is 2.91. The van der Waals surface area contributed by atoms with E-state index in [2.05, 4.69) is 9.55 Å². The molecule has 2 rings (SSSR count). The minimum Gasteiger partial charge on any atom is -0.335 e. The van der Waals surface area contributed by atoms with E-state index in [4.69, 9.17) is 0 Å². The van der Waals surface area contributed by atoms with Crippen molar-refractivity contribution in [3.63, 3.8) is 0 Å². The molecule has 1 aromatic heterocycles. The van der Waals surface area contributed by atoms with Crippen LogP contribution in [0.4, 0.5) is 0 Å². The number of rotatable bonds is 6. The second-order valence-corrected chi connectivity index (χ2v) is 6.47. The van der Waals surface area contributed by atoms with Crippen LogP contribution >= 0.6 is 0 Å². The summed E-state index contributed by atoms with van der Waals surface area (Å²) in [7, 11) is 0. The Morgan fingerprint density at radius 3 is 2.48 bits per heavy atom. The van der Waals surface area contributed by atoms with Gasteiger partial charge in [0.15, 0.2) is 0 Å². The number of unbranched alkanes of at least 4 members (excludes halogenated alkanes) is 1. The van der Waals surface area contributed by atoms with E-state index in [9.17, 15) is 9.59 Å². The molecule has 0 aliphatic carbocycles. The molecule has 0 aromatic carbocycles. The summed E-state index contributed by atoms with van der Waals surface area (Å²) >= 11 is 0. The summed E-state index contributed by atoms with van der Waals surface area (Å²) < 4.78 is 2.09. The predicted molar refractivity (Wildman–Crippen MR) is 80.5 cm³/mol. The minimum atomic E-state index is -0.516. The lowest BCUT2D eigenvalue weighted by Crippen LogP contribution is -2.37. The normalized spacial score (nSPS) is 22.6. The molecule has 1 aromatic rings. The summed E-state index contributed by atoms with van der Waals surface area (Å²) in [5.74, 6) is 1.17. The van der Waals surface area contributed by atoms with Crippen LogP contribution < -0.4 is 0 Å². The van der Waals surface area contributed by atoms with E-state index in [0.717, 1.165) is 25.2 Å². The molecule has 0 radical (unpaired) electrons. The Hall–Kier alpha value is -1.65. The van der Waals surface area contributed by atoms with E-state index >= 15 is 0 Å². The van der Waals surface area contributed by atoms with Crippen molar-refractivity contribution in [3.05, 3.63) is 18.2 Å². The van der Waals surface area contributed by atoms with Crippen molar-refractivity contribution < 1.29 is 9.59 Å². The van der Waals surface area contributed by atoms with Crippen LogP contribution in [-0.2, 0) is 16.1 Å². The molecule has 2 amide bonds. The molecule has 21 heavy (non-hydrogen) atoms. The molecule has 2 heterocycles. The van der Waals surface area contributed by atoms with Gasteiger partial charge in [-0.1, -0.05) is 13.8 Å². The summed E-state index contributed by atoms with van der Waals surface area (Å²) in [6.45, 7) is 9.32. The minimum absolute atomic E-state index is 0.00121. The zero-order chi connectivity index (χ0) is 15.6. The molecular weight excluding hydrogens is 266 g/mol. The first-order valence-electron chi connectivity index (χ1n) is 7.69. The van der Waals surface area contributed by atoms with E-state index in [0.29, 0.717) is 13.0 Å². The van der Waals surface area contributed by atoms with Crippen molar-refractivity contribution in [1.29, 1.82) is 0 Å². The molecule has 5 heteroatoms. The van der Waals surface area contributed by atoms with Crippen molar-refractivity contribution in [2.75, 3.05) is 6.54 Å². The number of hydrogen-bond acceptors (Lipinski definition) is 3. The van der Waals surface area contributed by atoms with E-state index < -0.39 is 5.41 Å². The average molecular weight is 291 g/mol. The smallest absolute Gasteiger partial charge is 0.235 e. The highest BCUT2D eigenvalue weighted by molar-refractivity contribution is 6.05. The molecule has 0 spiro atoms. The second-order valence-electron chi connectivity index (χ2n) is 6.47. The van der Waals surface area contributed by atoms with Crippen LogP contribution in [0, 0.1) is 18.3 Å². The number of carbonyl (C=O) groups is 2. The number of hydrogen-bond donors (Lipinski definition) is 0. The van der Waals surface area contributed by atoms with E-state index in [1.54, 1.807) is 6.20 Å². The highest BCUT2D eigenvalue weighted by Crippen LogP contribution is 2.39. The maximum absolute atomic E-state index is 12.4. The fraction of sp³-hybridized carbons (Fsp3) is 0.688. The van der Waals surface area contributed by atoms with Crippen LogP contribution in [-0.4, -0.2) is 32.8 Å². The third kappa shape index (κ3) is 3.01. The van der Waals surface area contributed by atoms with Crippen LogP contribution in [0.25, 0.3) is 0 Å². The summed E-state index contributed by atoms with van der Waals surface area (Å²) in [5.41, 5.74) is -0.516. The zero-order valence-corrected chi connectivity index (χ0v) is 13.4. The number of imidazole rings is 1. The first-order chi connectivity index (χ1) is 9.86. The number of imide groups is 1. The summed E-state index contributed by atoms with van der Waals surface area (Å²) in [6, 6.07) is 0. The monoisotopic (exact) mass is 291 g/mol.